The van der Waals surface area contributed by atoms with E-state index in [0.717, 1.165) is 39.9 Å². The lowest BCUT2D eigenvalue weighted by atomic mass is 10.0. The van der Waals surface area contributed by atoms with Gasteiger partial charge in [-0.2, -0.15) is 0 Å². The third kappa shape index (κ3) is 7.23. The summed E-state index contributed by atoms with van der Waals surface area (Å²) in [4.78, 5) is 60.9. The van der Waals surface area contributed by atoms with Crippen LogP contribution in [-0.2, 0) is 32.1 Å². The lowest BCUT2D eigenvalue weighted by Gasteiger charge is -2.33. The van der Waals surface area contributed by atoms with E-state index in [4.69, 9.17) is 0 Å². The molecule has 2 aromatic carbocycles. The van der Waals surface area contributed by atoms with E-state index in [2.05, 4.69) is 15.4 Å². The first-order valence-electron chi connectivity index (χ1n) is 13.5. The van der Waals surface area contributed by atoms with Gasteiger partial charge in [-0.05, 0) is 42.5 Å². The molecule has 0 spiro atoms. The number of benzene rings is 2. The largest absolute Gasteiger partial charge is 0.480 e. The molecule has 11 nitrogen and oxygen atoms in total. The fourth-order valence-corrected chi connectivity index (χ4v) is 5.24. The van der Waals surface area contributed by atoms with E-state index in [1.807, 2.05) is 52.3 Å². The number of carbonyl (C=O) groups is 4. The number of carboxylic acids is 1. The lowest BCUT2D eigenvalue weighted by Crippen LogP contribution is -2.56. The minimum atomic E-state index is -1.25. The predicted octanol–water partition coefficient (Wildman–Crippen LogP) is 2.34. The van der Waals surface area contributed by atoms with Crippen LogP contribution < -0.4 is 5.43 Å². The molecule has 1 fully saturated rings. The first kappa shape index (κ1) is 28.8. The van der Waals surface area contributed by atoms with Gasteiger partial charge < -0.3 is 15.0 Å². The molecule has 1 saturated heterocycles. The minimum absolute atomic E-state index is 0.0490. The van der Waals surface area contributed by atoms with Crippen molar-refractivity contribution in [3.63, 3.8) is 0 Å². The Labute approximate surface area is 233 Å². The van der Waals surface area contributed by atoms with Gasteiger partial charge >= 0.3 is 5.97 Å². The molecular formula is C29H36N6O5. The van der Waals surface area contributed by atoms with Crippen LogP contribution in [0.5, 0.6) is 0 Å². The number of hydrogen-bond donors (Lipinski definition) is 3. The molecule has 3 amide bonds. The van der Waals surface area contributed by atoms with Crippen LogP contribution in [0, 0.1) is 0 Å². The van der Waals surface area contributed by atoms with Crippen LogP contribution >= 0.6 is 0 Å². The second kappa shape index (κ2) is 13.2. The van der Waals surface area contributed by atoms with Gasteiger partial charge in [-0.3, -0.25) is 24.7 Å². The smallest absolute Gasteiger partial charge is 0.328 e. The van der Waals surface area contributed by atoms with E-state index in [1.54, 1.807) is 12.5 Å². The van der Waals surface area contributed by atoms with E-state index >= 15 is 0 Å². The number of rotatable bonds is 11. The Bertz CT molecular complexity index is 1340. The number of likely N-dealkylation sites (tertiary alicyclic amines) is 1. The maximum atomic E-state index is 13.4. The summed E-state index contributed by atoms with van der Waals surface area (Å²) in [7, 11) is 0. The van der Waals surface area contributed by atoms with E-state index in [0.29, 0.717) is 32.5 Å². The van der Waals surface area contributed by atoms with Gasteiger partial charge in [-0.25, -0.2) is 14.8 Å². The van der Waals surface area contributed by atoms with Gasteiger partial charge in [0.05, 0.1) is 12.9 Å². The van der Waals surface area contributed by atoms with Crippen molar-refractivity contribution >= 4 is 34.5 Å². The fourth-order valence-electron chi connectivity index (χ4n) is 5.24. The number of amides is 3. The molecule has 1 aromatic heterocycles. The van der Waals surface area contributed by atoms with Crippen LogP contribution in [0.15, 0.2) is 55.0 Å². The van der Waals surface area contributed by atoms with Crippen LogP contribution in [-0.4, -0.2) is 85.3 Å². The summed E-state index contributed by atoms with van der Waals surface area (Å²) in [6.07, 6.45) is 5.90. The van der Waals surface area contributed by atoms with Gasteiger partial charge in [0.25, 0.3) is 5.91 Å². The fraction of sp³-hybridized carbons (Fsp3) is 0.414. The van der Waals surface area contributed by atoms with Gasteiger partial charge in [0, 0.05) is 50.9 Å². The summed E-state index contributed by atoms with van der Waals surface area (Å²) in [5.74, 6) is -2.26. The number of hydrogen-bond acceptors (Lipinski definition) is 6. The summed E-state index contributed by atoms with van der Waals surface area (Å²) in [6, 6.07) is 12.6. The number of aromatic nitrogens is 2. The average molecular weight is 549 g/mol. The highest BCUT2D eigenvalue weighted by atomic mass is 16.4. The highest BCUT2D eigenvalue weighted by Crippen LogP contribution is 2.24. The Morgan fingerprint density at radius 3 is 2.67 bits per heavy atom. The molecule has 4 rings (SSSR count). The van der Waals surface area contributed by atoms with Crippen molar-refractivity contribution in [2.45, 2.75) is 58.2 Å². The van der Waals surface area contributed by atoms with Gasteiger partial charge in [-0.1, -0.05) is 42.5 Å². The van der Waals surface area contributed by atoms with Crippen molar-refractivity contribution in [2.24, 2.45) is 0 Å². The number of nitrogens with one attached hydrogen (secondary N) is 2. The number of imidazole rings is 1. The molecule has 212 valence electrons. The number of H-pyrrole nitrogens is 1. The Morgan fingerprint density at radius 1 is 1.18 bits per heavy atom. The zero-order chi connectivity index (χ0) is 28.6. The maximum absolute atomic E-state index is 13.4. The van der Waals surface area contributed by atoms with E-state index < -0.39 is 23.8 Å². The van der Waals surface area contributed by atoms with Crippen molar-refractivity contribution in [3.05, 3.63) is 66.2 Å². The summed E-state index contributed by atoms with van der Waals surface area (Å²) in [5, 5.41) is 12.5. The number of nitrogens with zero attached hydrogens (tertiary/aromatic N) is 4. The quantitative estimate of drug-likeness (QED) is 0.313. The second-order valence-electron chi connectivity index (χ2n) is 10.2. The number of fused-ring (bicyclic) bond motifs is 1. The van der Waals surface area contributed by atoms with Crippen LogP contribution in [0.2, 0.25) is 0 Å². The van der Waals surface area contributed by atoms with Crippen molar-refractivity contribution in [2.75, 3.05) is 19.6 Å². The van der Waals surface area contributed by atoms with Gasteiger partial charge in [0.15, 0.2) is 0 Å². The molecule has 0 bridgehead atoms. The third-order valence-electron chi connectivity index (χ3n) is 7.25. The molecule has 0 saturated carbocycles. The predicted molar refractivity (Wildman–Crippen MR) is 149 cm³/mol. The van der Waals surface area contributed by atoms with Gasteiger partial charge in [0.1, 0.15) is 6.04 Å². The third-order valence-corrected chi connectivity index (χ3v) is 7.25. The van der Waals surface area contributed by atoms with Crippen molar-refractivity contribution in [1.29, 1.82) is 0 Å². The Hall–Kier alpha value is -4.25. The number of aromatic amines is 1. The molecule has 11 heteroatoms. The van der Waals surface area contributed by atoms with Crippen LogP contribution in [0.1, 0.15) is 44.4 Å². The molecule has 3 aromatic rings. The summed E-state index contributed by atoms with van der Waals surface area (Å²) < 4.78 is 0. The zero-order valence-corrected chi connectivity index (χ0v) is 22.9. The number of aliphatic carboxylic acids is 1. The molecule has 2 heterocycles. The van der Waals surface area contributed by atoms with Crippen molar-refractivity contribution < 1.29 is 24.3 Å². The molecular weight excluding hydrogens is 512 g/mol. The van der Waals surface area contributed by atoms with Gasteiger partial charge in [0.2, 0.25) is 11.8 Å². The number of carbonyl (C=O) groups excluding carboxylic acids is 3. The van der Waals surface area contributed by atoms with Crippen LogP contribution in [0.4, 0.5) is 0 Å². The summed E-state index contributed by atoms with van der Waals surface area (Å²) in [6.45, 7) is 3.94. The first-order valence-corrected chi connectivity index (χ1v) is 13.5. The van der Waals surface area contributed by atoms with E-state index in [9.17, 15) is 24.3 Å². The number of aryl methyl sites for hydroxylation is 1. The highest BCUT2D eigenvalue weighted by molar-refractivity contribution is 5.88. The molecule has 1 aliphatic rings. The maximum Gasteiger partial charge on any atom is 0.328 e. The summed E-state index contributed by atoms with van der Waals surface area (Å²) in [5.41, 5.74) is 4.29. The lowest BCUT2D eigenvalue weighted by molar-refractivity contribution is -0.155. The molecule has 2 atom stereocenters. The molecule has 0 unspecified atom stereocenters. The molecule has 40 heavy (non-hydrogen) atoms. The normalized spacial score (nSPS) is 15.8. The number of carboxylic acid groups (broad SMARTS) is 1. The monoisotopic (exact) mass is 548 g/mol. The van der Waals surface area contributed by atoms with Crippen molar-refractivity contribution in [1.82, 2.24) is 30.2 Å². The highest BCUT2D eigenvalue weighted by Gasteiger charge is 2.33. The Balaban J connectivity index is 1.55. The standard InChI is InChI=1S/C29H36N6O5/c1-20(29(39)40)35(32-21(2)36)28(38)18-33(16-23-9-5-8-22-7-3-4-11-26(22)23)17-25-10-6-14-34(25)27(37)13-12-24-15-30-19-31-24/h3-5,7-9,11,15,19-20,25H,6,10,12-14,16-18H2,1-2H3,(H,30,31)(H,32,36)(H,39,40)/t20-,25-/m0/s1. The van der Waals surface area contributed by atoms with Crippen molar-refractivity contribution in [3.8, 4) is 0 Å². The SMILES string of the molecule is CC(=O)NN(C(=O)CN(Cc1cccc2ccccc12)C[C@@H]1CCCN1C(=O)CCc1cnc[nH]1)[C@@H](C)C(=O)O. The topological polar surface area (TPSA) is 139 Å². The zero-order valence-electron chi connectivity index (χ0n) is 22.9. The molecule has 0 aliphatic carbocycles. The molecule has 0 radical (unpaired) electrons. The Kier molecular flexibility index (Phi) is 9.49. The van der Waals surface area contributed by atoms with Crippen LogP contribution in [0.3, 0.4) is 0 Å². The number of hydrazine groups is 1. The van der Waals surface area contributed by atoms with E-state index in [-0.39, 0.29) is 18.5 Å². The molecule has 3 N–H and O–H groups in total. The summed E-state index contributed by atoms with van der Waals surface area (Å²) >= 11 is 0. The minimum Gasteiger partial charge on any atom is -0.480 e. The first-order chi connectivity index (χ1) is 19.2. The average Bonchev–Trinajstić information content (AvgIpc) is 3.62. The Morgan fingerprint density at radius 2 is 1.95 bits per heavy atom. The second-order valence-corrected chi connectivity index (χ2v) is 10.2. The van der Waals surface area contributed by atoms with E-state index in [1.165, 1.54) is 13.8 Å². The van der Waals surface area contributed by atoms with Crippen LogP contribution in [0.25, 0.3) is 10.8 Å². The van der Waals surface area contributed by atoms with Gasteiger partial charge in [-0.15, -0.1) is 0 Å². The molecule has 1 aliphatic heterocycles.